The van der Waals surface area contributed by atoms with Gasteiger partial charge in [-0.05, 0) is 29.6 Å². The van der Waals surface area contributed by atoms with E-state index in [-0.39, 0.29) is 5.06 Å². The Morgan fingerprint density at radius 2 is 2.14 bits per heavy atom. The van der Waals surface area contributed by atoms with Gasteiger partial charge in [0.05, 0.1) is 0 Å². The second kappa shape index (κ2) is 2.23. The quantitative estimate of drug-likeness (QED) is 0.202. The Morgan fingerprint density at radius 3 is 2.14 bits per heavy atom. The van der Waals surface area contributed by atoms with Crippen LogP contribution in [0.25, 0.3) is 0 Å². The summed E-state index contributed by atoms with van der Waals surface area (Å²) in [6.07, 6.45) is 0. The average Bonchev–Trinajstić information content (AvgIpc) is 1.31. The minimum absolute atomic E-state index is 0.257. The lowest BCUT2D eigenvalue weighted by Crippen LogP contribution is -2.45. The van der Waals surface area contributed by atoms with Crippen LogP contribution in [0, 0.1) is 5.21 Å². The molecule has 1 unspecified atom stereocenters. The van der Waals surface area contributed by atoms with Gasteiger partial charge in [-0.25, -0.2) is 0 Å². The van der Waals surface area contributed by atoms with Crippen LogP contribution >= 0.6 is 22.6 Å². The van der Waals surface area contributed by atoms with Crippen molar-refractivity contribution >= 4 is 22.6 Å². The summed E-state index contributed by atoms with van der Waals surface area (Å²) >= 11 is 1.41. The molecule has 0 aliphatic rings. The summed E-state index contributed by atoms with van der Waals surface area (Å²) in [6, 6.07) is 0. The fourth-order valence-corrected chi connectivity index (χ4v) is 0. The molecule has 0 saturated heterocycles. The van der Waals surface area contributed by atoms with E-state index in [4.69, 9.17) is 10.8 Å². The maximum atomic E-state index is 10.00. The number of alkyl halides is 1. The highest BCUT2D eigenvalue weighted by molar-refractivity contribution is 14.1. The van der Waals surface area contributed by atoms with Crippen LogP contribution in [-0.2, 0) is 0 Å². The zero-order valence-electron chi connectivity index (χ0n) is 3.76. The SMILES string of the molecule is CN([O-])C(N)(O)I. The van der Waals surface area contributed by atoms with Gasteiger partial charge in [0, 0.05) is 0 Å². The van der Waals surface area contributed by atoms with Crippen molar-refractivity contribution in [2.75, 3.05) is 7.05 Å². The van der Waals surface area contributed by atoms with Crippen LogP contribution in [-0.4, -0.2) is 21.1 Å². The lowest BCUT2D eigenvalue weighted by Gasteiger charge is -2.32. The van der Waals surface area contributed by atoms with E-state index in [0.29, 0.717) is 0 Å². The van der Waals surface area contributed by atoms with Gasteiger partial charge in [0.25, 0.3) is 0 Å². The highest BCUT2D eigenvalue weighted by Crippen LogP contribution is 2.07. The molecule has 0 aliphatic heterocycles. The summed E-state index contributed by atoms with van der Waals surface area (Å²) in [5, 5.41) is 18.7. The van der Waals surface area contributed by atoms with Gasteiger partial charge in [0.15, 0.2) is 0 Å². The first-order valence-electron chi connectivity index (χ1n) is 1.55. The van der Waals surface area contributed by atoms with E-state index in [1.54, 1.807) is 0 Å². The third-order valence-corrected chi connectivity index (χ3v) is 1.12. The van der Waals surface area contributed by atoms with Gasteiger partial charge in [0.2, 0.25) is 3.86 Å². The molecule has 4 nitrogen and oxygen atoms in total. The van der Waals surface area contributed by atoms with Gasteiger partial charge in [-0.3, -0.25) is 5.73 Å². The Hall–Kier alpha value is 0.570. The van der Waals surface area contributed by atoms with Crippen molar-refractivity contribution < 1.29 is 5.11 Å². The molecular weight excluding hydrogens is 211 g/mol. The van der Waals surface area contributed by atoms with Crippen molar-refractivity contribution in [3.63, 3.8) is 0 Å². The smallest absolute Gasteiger partial charge is 0.214 e. The molecule has 1 atom stereocenters. The van der Waals surface area contributed by atoms with Gasteiger partial charge in [-0.2, -0.15) is 0 Å². The second-order valence-corrected chi connectivity index (χ2v) is 2.72. The number of hydroxylamine groups is 2. The first-order chi connectivity index (χ1) is 2.94. The summed E-state index contributed by atoms with van der Waals surface area (Å²) in [7, 11) is 1.15. The normalized spacial score (nSPS) is 19.7. The molecule has 0 amide bonds. The van der Waals surface area contributed by atoms with Crippen molar-refractivity contribution in [3.8, 4) is 0 Å². The number of hydrogen-bond donors (Lipinski definition) is 2. The fraction of sp³-hybridized carbons (Fsp3) is 1.00. The first-order valence-corrected chi connectivity index (χ1v) is 2.63. The maximum Gasteiger partial charge on any atom is 0.214 e. The van der Waals surface area contributed by atoms with Crippen molar-refractivity contribution in [2.24, 2.45) is 5.73 Å². The maximum absolute atomic E-state index is 10.00. The lowest BCUT2D eigenvalue weighted by molar-refractivity contribution is 0.0432. The van der Waals surface area contributed by atoms with Gasteiger partial charge in [-0.1, -0.05) is 0 Å². The Balaban J connectivity index is 3.54. The highest BCUT2D eigenvalue weighted by Gasteiger charge is 2.12. The summed E-state index contributed by atoms with van der Waals surface area (Å²) < 4.78 is -1.75. The second-order valence-electron chi connectivity index (χ2n) is 1.13. The van der Waals surface area contributed by atoms with E-state index in [1.165, 1.54) is 22.6 Å². The minimum atomic E-state index is -1.75. The van der Waals surface area contributed by atoms with Gasteiger partial charge in [0.1, 0.15) is 0 Å². The standard InChI is InChI=1S/C2H6IN2O2/c1-5(7)2(3,4)6/h6H,4H2,1H3/q-1. The monoisotopic (exact) mass is 217 g/mol. The van der Waals surface area contributed by atoms with Gasteiger partial charge < -0.3 is 15.4 Å². The molecule has 0 radical (unpaired) electrons. The number of rotatable bonds is 1. The lowest BCUT2D eigenvalue weighted by atomic mass is 11.0. The van der Waals surface area contributed by atoms with Crippen LogP contribution in [0.3, 0.4) is 0 Å². The highest BCUT2D eigenvalue weighted by atomic mass is 127. The Bertz CT molecular complexity index is 59.2. The van der Waals surface area contributed by atoms with E-state index in [2.05, 4.69) is 0 Å². The van der Waals surface area contributed by atoms with Crippen LogP contribution in [0.5, 0.6) is 0 Å². The van der Waals surface area contributed by atoms with E-state index in [0.717, 1.165) is 7.05 Å². The number of nitrogens with zero attached hydrogens (tertiary/aromatic N) is 1. The molecule has 0 aromatic carbocycles. The van der Waals surface area contributed by atoms with E-state index >= 15 is 0 Å². The van der Waals surface area contributed by atoms with Gasteiger partial charge >= 0.3 is 0 Å². The third-order valence-electron chi connectivity index (χ3n) is 0.442. The minimum Gasteiger partial charge on any atom is -0.782 e. The molecule has 5 heteroatoms. The first kappa shape index (κ1) is 7.57. The van der Waals surface area contributed by atoms with Gasteiger partial charge in [-0.15, -0.1) is 0 Å². The van der Waals surface area contributed by atoms with Crippen LogP contribution in [0.4, 0.5) is 0 Å². The summed E-state index contributed by atoms with van der Waals surface area (Å²) in [4.78, 5) is 0. The number of halogens is 1. The van der Waals surface area contributed by atoms with Crippen molar-refractivity contribution in [1.29, 1.82) is 0 Å². The fourth-order valence-electron chi connectivity index (χ4n) is 0. The van der Waals surface area contributed by atoms with E-state index in [9.17, 15) is 5.21 Å². The molecule has 44 valence electrons. The Morgan fingerprint density at radius 1 is 2.00 bits per heavy atom. The Labute approximate surface area is 55.0 Å². The molecule has 7 heavy (non-hydrogen) atoms. The molecular formula is C2H6IN2O2-. The molecule has 0 aliphatic carbocycles. The van der Waals surface area contributed by atoms with E-state index in [1.807, 2.05) is 0 Å². The van der Waals surface area contributed by atoms with Crippen LogP contribution in [0.2, 0.25) is 0 Å². The zero-order valence-corrected chi connectivity index (χ0v) is 5.92. The molecule has 0 spiro atoms. The molecule has 0 aromatic rings. The molecule has 0 rings (SSSR count). The Kier molecular flexibility index (Phi) is 2.41. The number of aliphatic hydroxyl groups is 1. The zero-order chi connectivity index (χ0) is 6.08. The predicted octanol–water partition coefficient (Wildman–Crippen LogP) is -0.587. The topological polar surface area (TPSA) is 72.5 Å². The number of hydrogen-bond acceptors (Lipinski definition) is 4. The molecule has 0 aromatic heterocycles. The molecule has 0 fully saturated rings. The summed E-state index contributed by atoms with van der Waals surface area (Å²) in [5.74, 6) is 0. The van der Waals surface area contributed by atoms with Crippen LogP contribution in [0.15, 0.2) is 0 Å². The average molecular weight is 217 g/mol. The predicted molar refractivity (Wildman–Crippen MR) is 34.3 cm³/mol. The van der Waals surface area contributed by atoms with E-state index < -0.39 is 3.86 Å². The van der Waals surface area contributed by atoms with Crippen molar-refractivity contribution in [2.45, 2.75) is 3.86 Å². The van der Waals surface area contributed by atoms with Crippen LogP contribution in [0.1, 0.15) is 0 Å². The molecule has 3 N–H and O–H groups in total. The van der Waals surface area contributed by atoms with Crippen LogP contribution < -0.4 is 5.73 Å². The van der Waals surface area contributed by atoms with Crippen molar-refractivity contribution in [3.05, 3.63) is 5.21 Å². The van der Waals surface area contributed by atoms with Crippen molar-refractivity contribution in [1.82, 2.24) is 5.06 Å². The largest absolute Gasteiger partial charge is 0.782 e. The molecule has 0 saturated carbocycles. The molecule has 0 bridgehead atoms. The summed E-state index contributed by atoms with van der Waals surface area (Å²) in [6.45, 7) is 0. The third kappa shape index (κ3) is 3.18. The summed E-state index contributed by atoms with van der Waals surface area (Å²) in [5.41, 5.74) is 4.83. The molecule has 0 heterocycles. The number of nitrogens with two attached hydrogens (primary N) is 1.